The maximum Gasteiger partial charge on any atom is 0.420 e. The van der Waals surface area contributed by atoms with Crippen LogP contribution >= 0.6 is 0 Å². The van der Waals surface area contributed by atoms with Gasteiger partial charge in [-0.25, -0.2) is 13.2 Å². The van der Waals surface area contributed by atoms with E-state index in [4.69, 9.17) is 4.42 Å². The fraction of sp³-hybridized carbons (Fsp3) is 0.600. The summed E-state index contributed by atoms with van der Waals surface area (Å²) in [5.41, 5.74) is 0.594. The van der Waals surface area contributed by atoms with Gasteiger partial charge in [0.1, 0.15) is 6.54 Å². The predicted octanol–water partition coefficient (Wildman–Crippen LogP) is 2.22. The van der Waals surface area contributed by atoms with Crippen LogP contribution in [0.3, 0.4) is 0 Å². The molecule has 29 heavy (non-hydrogen) atoms. The highest BCUT2D eigenvalue weighted by molar-refractivity contribution is 7.89. The van der Waals surface area contributed by atoms with Crippen molar-refractivity contribution in [1.29, 1.82) is 0 Å². The van der Waals surface area contributed by atoms with Crippen molar-refractivity contribution < 1.29 is 17.6 Å². The van der Waals surface area contributed by atoms with E-state index in [-0.39, 0.29) is 35.0 Å². The maximum absolute atomic E-state index is 13.0. The van der Waals surface area contributed by atoms with Crippen molar-refractivity contribution in [2.45, 2.75) is 75.4 Å². The van der Waals surface area contributed by atoms with Crippen LogP contribution in [-0.2, 0) is 21.4 Å². The fourth-order valence-electron chi connectivity index (χ4n) is 4.41. The van der Waals surface area contributed by atoms with Gasteiger partial charge in [0.05, 0.1) is 10.4 Å². The van der Waals surface area contributed by atoms with Crippen LogP contribution in [-0.4, -0.2) is 41.8 Å². The number of rotatable bonds is 5. The van der Waals surface area contributed by atoms with Gasteiger partial charge >= 0.3 is 5.76 Å². The predicted molar refractivity (Wildman–Crippen MR) is 108 cm³/mol. The first-order valence-corrected chi connectivity index (χ1v) is 11.7. The highest BCUT2D eigenvalue weighted by Crippen LogP contribution is 2.27. The van der Waals surface area contributed by atoms with Crippen molar-refractivity contribution in [1.82, 2.24) is 14.2 Å². The van der Waals surface area contributed by atoms with E-state index in [0.717, 1.165) is 44.9 Å². The van der Waals surface area contributed by atoms with Gasteiger partial charge in [-0.3, -0.25) is 9.36 Å². The molecule has 1 saturated heterocycles. The van der Waals surface area contributed by atoms with Crippen molar-refractivity contribution in [3.05, 3.63) is 28.7 Å². The molecule has 1 amide bonds. The Kier molecular flexibility index (Phi) is 5.52. The summed E-state index contributed by atoms with van der Waals surface area (Å²) in [5, 5.41) is 2.95. The van der Waals surface area contributed by atoms with Gasteiger partial charge in [0.25, 0.3) is 0 Å². The minimum Gasteiger partial charge on any atom is -0.408 e. The first-order valence-electron chi connectivity index (χ1n) is 10.3. The quantitative estimate of drug-likeness (QED) is 0.798. The average molecular weight is 422 g/mol. The number of amides is 1. The van der Waals surface area contributed by atoms with Crippen LogP contribution < -0.4 is 11.1 Å². The summed E-state index contributed by atoms with van der Waals surface area (Å²) in [6.45, 7) is 2.26. The molecule has 1 aromatic carbocycles. The van der Waals surface area contributed by atoms with Gasteiger partial charge < -0.3 is 9.73 Å². The molecule has 9 heteroatoms. The molecule has 1 N–H and O–H groups in total. The average Bonchev–Trinajstić information content (AvgIpc) is 3.29. The summed E-state index contributed by atoms with van der Waals surface area (Å²) in [4.78, 5) is 24.7. The highest BCUT2D eigenvalue weighted by Gasteiger charge is 2.31. The van der Waals surface area contributed by atoms with Gasteiger partial charge in [0.15, 0.2) is 5.58 Å². The number of nitrogens with zero attached hydrogens (tertiary/aromatic N) is 2. The summed E-state index contributed by atoms with van der Waals surface area (Å²) < 4.78 is 34.1. The SMILES string of the molecule is CC1CCCCN1S(=O)(=O)c1ccc2c(c1)oc(=O)n2CC(=O)NC1CCCC1. The number of fused-ring (bicyclic) bond motifs is 1. The fourth-order valence-corrected chi connectivity index (χ4v) is 6.12. The van der Waals surface area contributed by atoms with E-state index in [1.54, 1.807) is 6.07 Å². The molecule has 8 nitrogen and oxygen atoms in total. The molecule has 0 radical (unpaired) electrons. The number of piperidine rings is 1. The zero-order chi connectivity index (χ0) is 20.6. The van der Waals surface area contributed by atoms with E-state index in [1.807, 2.05) is 6.92 Å². The number of benzene rings is 1. The number of aromatic nitrogens is 1. The van der Waals surface area contributed by atoms with E-state index in [1.165, 1.54) is 21.0 Å². The molecule has 1 aliphatic heterocycles. The van der Waals surface area contributed by atoms with E-state index in [0.29, 0.717) is 12.1 Å². The van der Waals surface area contributed by atoms with Crippen LogP contribution in [0.25, 0.3) is 11.1 Å². The number of carbonyl (C=O) groups is 1. The second-order valence-electron chi connectivity index (χ2n) is 8.09. The third kappa shape index (κ3) is 3.98. The molecule has 0 bridgehead atoms. The van der Waals surface area contributed by atoms with Gasteiger partial charge in [-0.2, -0.15) is 4.31 Å². The molecule has 1 aliphatic carbocycles. The molecule has 2 heterocycles. The molecule has 4 rings (SSSR count). The van der Waals surface area contributed by atoms with Crippen molar-refractivity contribution in [2.24, 2.45) is 0 Å². The Hall–Kier alpha value is -2.13. The number of hydrogen-bond acceptors (Lipinski definition) is 5. The topological polar surface area (TPSA) is 102 Å². The first-order chi connectivity index (χ1) is 13.9. The van der Waals surface area contributed by atoms with Gasteiger partial charge in [0.2, 0.25) is 15.9 Å². The van der Waals surface area contributed by atoms with Gasteiger partial charge in [0, 0.05) is 24.7 Å². The maximum atomic E-state index is 13.0. The van der Waals surface area contributed by atoms with Crippen LogP contribution in [0.5, 0.6) is 0 Å². The monoisotopic (exact) mass is 421 g/mol. The smallest absolute Gasteiger partial charge is 0.408 e. The lowest BCUT2D eigenvalue weighted by molar-refractivity contribution is -0.122. The lowest BCUT2D eigenvalue weighted by atomic mass is 10.1. The second kappa shape index (κ2) is 7.95. The molecular weight excluding hydrogens is 394 g/mol. The Morgan fingerprint density at radius 2 is 1.90 bits per heavy atom. The molecule has 0 spiro atoms. The van der Waals surface area contributed by atoms with Crippen LogP contribution in [0.4, 0.5) is 0 Å². The van der Waals surface area contributed by atoms with Crippen LogP contribution in [0.2, 0.25) is 0 Å². The zero-order valence-electron chi connectivity index (χ0n) is 16.6. The Morgan fingerprint density at radius 3 is 2.62 bits per heavy atom. The first kappa shape index (κ1) is 20.2. The standard InChI is InChI=1S/C20H27N3O5S/c1-14-6-4-5-11-23(14)29(26,27)16-9-10-17-18(12-16)28-20(25)22(17)13-19(24)21-15-7-2-3-8-15/h9-10,12,14-15H,2-8,11,13H2,1H3,(H,21,24). The molecule has 2 aliphatic rings. The Labute approximate surface area is 169 Å². The van der Waals surface area contributed by atoms with Crippen LogP contribution in [0, 0.1) is 0 Å². The molecule has 1 atom stereocenters. The lowest BCUT2D eigenvalue weighted by Gasteiger charge is -2.32. The Bertz CT molecular complexity index is 1070. The summed E-state index contributed by atoms with van der Waals surface area (Å²) in [5.74, 6) is -0.900. The number of sulfonamides is 1. The van der Waals surface area contributed by atoms with Crippen molar-refractivity contribution in [3.8, 4) is 0 Å². The van der Waals surface area contributed by atoms with Crippen molar-refractivity contribution in [2.75, 3.05) is 6.54 Å². The Balaban J connectivity index is 1.59. The molecular formula is C20H27N3O5S. The molecule has 2 aromatic rings. The summed E-state index contributed by atoms with van der Waals surface area (Å²) in [6.07, 6.45) is 6.83. The van der Waals surface area contributed by atoms with E-state index >= 15 is 0 Å². The Morgan fingerprint density at radius 1 is 1.17 bits per heavy atom. The van der Waals surface area contributed by atoms with Gasteiger partial charge in [-0.15, -0.1) is 0 Å². The molecule has 158 valence electrons. The third-order valence-electron chi connectivity index (χ3n) is 6.01. The number of nitrogens with one attached hydrogen (secondary N) is 1. The summed E-state index contributed by atoms with van der Waals surface area (Å²) in [7, 11) is -3.66. The van der Waals surface area contributed by atoms with Gasteiger partial charge in [-0.05, 0) is 44.7 Å². The number of carbonyl (C=O) groups excluding carboxylic acids is 1. The van der Waals surface area contributed by atoms with Gasteiger partial charge in [-0.1, -0.05) is 19.3 Å². The molecule has 2 fully saturated rings. The number of oxazole rings is 1. The van der Waals surface area contributed by atoms with E-state index in [2.05, 4.69) is 5.32 Å². The minimum absolute atomic E-state index is 0.0552. The van der Waals surface area contributed by atoms with Crippen LogP contribution in [0.1, 0.15) is 51.9 Å². The molecule has 1 unspecified atom stereocenters. The third-order valence-corrected chi connectivity index (χ3v) is 8.02. The van der Waals surface area contributed by atoms with Crippen LogP contribution in [0.15, 0.2) is 32.3 Å². The second-order valence-corrected chi connectivity index (χ2v) is 9.98. The summed E-state index contributed by atoms with van der Waals surface area (Å²) >= 11 is 0. The molecule has 1 saturated carbocycles. The lowest BCUT2D eigenvalue weighted by Crippen LogP contribution is -2.41. The van der Waals surface area contributed by atoms with E-state index < -0.39 is 15.8 Å². The molecule has 1 aromatic heterocycles. The minimum atomic E-state index is -3.66. The zero-order valence-corrected chi connectivity index (χ0v) is 17.4. The number of hydrogen-bond donors (Lipinski definition) is 1. The normalized spacial score (nSPS) is 21.6. The largest absolute Gasteiger partial charge is 0.420 e. The summed E-state index contributed by atoms with van der Waals surface area (Å²) in [6, 6.07) is 4.53. The van der Waals surface area contributed by atoms with E-state index in [9.17, 15) is 18.0 Å². The highest BCUT2D eigenvalue weighted by atomic mass is 32.2. The van der Waals surface area contributed by atoms with Crippen molar-refractivity contribution >= 4 is 27.0 Å². The van der Waals surface area contributed by atoms with Crippen molar-refractivity contribution in [3.63, 3.8) is 0 Å².